The van der Waals surface area contributed by atoms with Crippen molar-refractivity contribution in [2.24, 2.45) is 5.73 Å². The summed E-state index contributed by atoms with van der Waals surface area (Å²) >= 11 is 0. The highest BCUT2D eigenvalue weighted by Crippen LogP contribution is 2.20. The van der Waals surface area contributed by atoms with E-state index in [0.717, 1.165) is 17.7 Å². The van der Waals surface area contributed by atoms with Crippen molar-refractivity contribution in [3.63, 3.8) is 0 Å². The second kappa shape index (κ2) is 4.34. The van der Waals surface area contributed by atoms with E-state index < -0.39 is 0 Å². The average Bonchev–Trinajstić information content (AvgIpc) is 2.18. The Kier molecular flexibility index (Phi) is 3.35. The van der Waals surface area contributed by atoms with Crippen molar-refractivity contribution in [1.82, 2.24) is 0 Å². The highest BCUT2D eigenvalue weighted by Gasteiger charge is 2.16. The summed E-state index contributed by atoms with van der Waals surface area (Å²) in [7, 11) is 0. The van der Waals surface area contributed by atoms with Crippen LogP contribution in [0, 0.1) is 5.41 Å². The van der Waals surface area contributed by atoms with Crippen LogP contribution in [0.1, 0.15) is 32.8 Å². The lowest BCUT2D eigenvalue weighted by atomic mass is 10.1. The molecule has 0 unspecified atom stereocenters. The Hall–Kier alpha value is -1.51. The van der Waals surface area contributed by atoms with Gasteiger partial charge in [0.2, 0.25) is 0 Å². The van der Waals surface area contributed by atoms with Crippen LogP contribution in [0.4, 0.5) is 0 Å². The molecule has 0 spiro atoms. The molecule has 0 radical (unpaired) electrons. The third-order valence-corrected chi connectivity index (χ3v) is 2.41. The van der Waals surface area contributed by atoms with Gasteiger partial charge in [0.25, 0.3) is 0 Å². The highest BCUT2D eigenvalue weighted by atomic mass is 16.5. The van der Waals surface area contributed by atoms with Crippen LogP contribution in [-0.2, 0) is 0 Å². The summed E-state index contributed by atoms with van der Waals surface area (Å²) in [5.41, 5.74) is 5.92. The average molecular weight is 206 g/mol. The molecule has 82 valence electrons. The van der Waals surface area contributed by atoms with Gasteiger partial charge in [0.05, 0.1) is 0 Å². The molecule has 0 saturated heterocycles. The van der Waals surface area contributed by atoms with E-state index in [0.29, 0.717) is 0 Å². The Morgan fingerprint density at radius 3 is 2.27 bits per heavy atom. The van der Waals surface area contributed by atoms with E-state index in [1.54, 1.807) is 12.1 Å². The topological polar surface area (TPSA) is 59.1 Å². The summed E-state index contributed by atoms with van der Waals surface area (Å²) in [5.74, 6) is 0.892. The Labute approximate surface area is 90.8 Å². The summed E-state index contributed by atoms with van der Waals surface area (Å²) in [6, 6.07) is 7.27. The highest BCUT2D eigenvalue weighted by molar-refractivity contribution is 5.94. The van der Waals surface area contributed by atoms with Crippen molar-refractivity contribution in [2.45, 2.75) is 32.8 Å². The summed E-state index contributed by atoms with van der Waals surface area (Å²) in [5, 5.41) is 7.26. The van der Waals surface area contributed by atoms with Gasteiger partial charge in [-0.25, -0.2) is 0 Å². The van der Waals surface area contributed by atoms with Crippen molar-refractivity contribution in [1.29, 1.82) is 5.41 Å². The van der Waals surface area contributed by atoms with E-state index in [2.05, 4.69) is 6.92 Å². The largest absolute Gasteiger partial charge is 0.488 e. The van der Waals surface area contributed by atoms with E-state index in [1.165, 1.54) is 0 Å². The molecule has 0 aliphatic heterocycles. The predicted octanol–water partition coefficient (Wildman–Crippen LogP) is 2.54. The Bertz CT molecular complexity index is 341. The first-order valence-corrected chi connectivity index (χ1v) is 5.08. The number of nitrogens with two attached hydrogens (primary N) is 1. The molecule has 0 aliphatic carbocycles. The molecule has 0 heterocycles. The first kappa shape index (κ1) is 11.6. The lowest BCUT2D eigenvalue weighted by Crippen LogP contribution is -2.26. The molecule has 3 N–H and O–H groups in total. The lowest BCUT2D eigenvalue weighted by molar-refractivity contribution is 0.105. The number of amidine groups is 1. The van der Waals surface area contributed by atoms with Crippen LogP contribution in [0.5, 0.6) is 5.75 Å². The van der Waals surface area contributed by atoms with Crippen molar-refractivity contribution >= 4 is 5.84 Å². The molecule has 0 bridgehead atoms. The number of hydrogen-bond acceptors (Lipinski definition) is 2. The molecule has 1 aromatic rings. The maximum atomic E-state index is 7.26. The van der Waals surface area contributed by atoms with Crippen LogP contribution in [0.15, 0.2) is 24.3 Å². The molecule has 0 saturated carbocycles. The van der Waals surface area contributed by atoms with Crippen LogP contribution in [-0.4, -0.2) is 11.4 Å². The van der Waals surface area contributed by atoms with Gasteiger partial charge in [-0.2, -0.15) is 0 Å². The molecular formula is C12H18N2O. The van der Waals surface area contributed by atoms with Crippen molar-refractivity contribution in [3.8, 4) is 5.75 Å². The van der Waals surface area contributed by atoms with Crippen molar-refractivity contribution in [3.05, 3.63) is 29.8 Å². The van der Waals surface area contributed by atoms with Crippen LogP contribution in [0.25, 0.3) is 0 Å². The third-order valence-electron chi connectivity index (χ3n) is 2.41. The minimum absolute atomic E-state index is 0.0799. The van der Waals surface area contributed by atoms with Crippen molar-refractivity contribution in [2.75, 3.05) is 0 Å². The van der Waals surface area contributed by atoms with Crippen LogP contribution < -0.4 is 10.5 Å². The zero-order valence-corrected chi connectivity index (χ0v) is 9.50. The van der Waals surface area contributed by atoms with E-state index in [9.17, 15) is 0 Å². The molecule has 1 rings (SSSR count). The molecule has 0 atom stereocenters. The normalized spacial score (nSPS) is 11.1. The Morgan fingerprint density at radius 1 is 1.33 bits per heavy atom. The minimum atomic E-state index is -0.155. The summed E-state index contributed by atoms with van der Waals surface area (Å²) in [4.78, 5) is 0. The van der Waals surface area contributed by atoms with Gasteiger partial charge in [-0.15, -0.1) is 0 Å². The molecule has 0 aromatic heterocycles. The van der Waals surface area contributed by atoms with Gasteiger partial charge in [0.15, 0.2) is 0 Å². The number of rotatable bonds is 4. The molecule has 0 fully saturated rings. The molecule has 0 aliphatic rings. The second-order valence-electron chi connectivity index (χ2n) is 4.15. The van der Waals surface area contributed by atoms with E-state index in [4.69, 9.17) is 15.9 Å². The first-order valence-electron chi connectivity index (χ1n) is 5.08. The summed E-state index contributed by atoms with van der Waals surface area (Å²) in [6.45, 7) is 6.18. The maximum absolute atomic E-state index is 7.26. The standard InChI is InChI=1S/C12H18N2O/c1-4-12(2,3)15-10-7-5-9(6-8-10)11(13)14/h5-8H,4H2,1-3H3,(H3,13,14). The minimum Gasteiger partial charge on any atom is -0.488 e. The summed E-state index contributed by atoms with van der Waals surface area (Å²) in [6.07, 6.45) is 0.946. The van der Waals surface area contributed by atoms with Gasteiger partial charge in [-0.3, -0.25) is 5.41 Å². The maximum Gasteiger partial charge on any atom is 0.122 e. The quantitative estimate of drug-likeness (QED) is 0.587. The molecule has 15 heavy (non-hydrogen) atoms. The van der Waals surface area contributed by atoms with Crippen molar-refractivity contribution < 1.29 is 4.74 Å². The van der Waals surface area contributed by atoms with Crippen LogP contribution >= 0.6 is 0 Å². The number of ether oxygens (including phenoxy) is 1. The number of benzene rings is 1. The van der Waals surface area contributed by atoms with Gasteiger partial charge in [-0.1, -0.05) is 6.92 Å². The number of hydrogen-bond donors (Lipinski definition) is 2. The molecule has 1 aromatic carbocycles. The molecule has 0 amide bonds. The van der Waals surface area contributed by atoms with Gasteiger partial charge in [0.1, 0.15) is 17.2 Å². The van der Waals surface area contributed by atoms with Gasteiger partial charge in [-0.05, 0) is 44.5 Å². The SMILES string of the molecule is CCC(C)(C)Oc1ccc(C(=N)N)cc1. The fraction of sp³-hybridized carbons (Fsp3) is 0.417. The second-order valence-corrected chi connectivity index (χ2v) is 4.15. The van der Waals surface area contributed by atoms with Gasteiger partial charge in [0, 0.05) is 5.56 Å². The smallest absolute Gasteiger partial charge is 0.122 e. The Balaban J connectivity index is 2.77. The molecule has 3 nitrogen and oxygen atoms in total. The molecule has 3 heteroatoms. The van der Waals surface area contributed by atoms with Gasteiger partial charge < -0.3 is 10.5 Å². The predicted molar refractivity (Wildman–Crippen MR) is 62.5 cm³/mol. The summed E-state index contributed by atoms with van der Waals surface area (Å²) < 4.78 is 5.77. The van der Waals surface area contributed by atoms with Crippen LogP contribution in [0.2, 0.25) is 0 Å². The van der Waals surface area contributed by atoms with Crippen LogP contribution in [0.3, 0.4) is 0 Å². The zero-order valence-electron chi connectivity index (χ0n) is 9.50. The third kappa shape index (κ3) is 3.27. The Morgan fingerprint density at radius 2 is 1.87 bits per heavy atom. The zero-order chi connectivity index (χ0) is 11.5. The van der Waals surface area contributed by atoms with E-state index in [-0.39, 0.29) is 11.4 Å². The number of nitrogen functional groups attached to an aromatic ring is 1. The monoisotopic (exact) mass is 206 g/mol. The lowest BCUT2D eigenvalue weighted by Gasteiger charge is -2.24. The molecular weight excluding hydrogens is 188 g/mol. The van der Waals surface area contributed by atoms with E-state index >= 15 is 0 Å². The number of nitrogens with one attached hydrogen (secondary N) is 1. The van der Waals surface area contributed by atoms with Gasteiger partial charge >= 0.3 is 0 Å². The first-order chi connectivity index (χ1) is 6.94. The fourth-order valence-electron chi connectivity index (χ4n) is 1.09. The van der Waals surface area contributed by atoms with E-state index in [1.807, 2.05) is 26.0 Å². The fourth-order valence-corrected chi connectivity index (χ4v) is 1.09.